The number of rotatable bonds is 38. The summed E-state index contributed by atoms with van der Waals surface area (Å²) in [5.74, 6) is -0.478. The minimum Gasteiger partial charge on any atom is -0.457 e. The molecule has 1 aliphatic carbocycles. The molecule has 1 aliphatic rings. The molecule has 1 saturated carbocycles. The zero-order valence-corrected chi connectivity index (χ0v) is 35.6. The Morgan fingerprint density at radius 1 is 0.509 bits per heavy atom. The molecule has 0 bridgehead atoms. The standard InChI is InChI=1S/C42H83O12P/c1-3-5-7-9-11-13-14-15-16-17-18-19-20-21-22-23-24-26-28-30-32-51-33-35(53-36(43)31-29-27-25-12-10-8-6-4-2)34-52-55(49,50)54-42-40(47)38(45)37(44)39(46)41(42)48/h35,37-42,44-48H,3-34H2,1-2H3,(H,49,50)/t35-,37?,38-,39?,40?,41?,42?/m1/s1. The second-order valence-electron chi connectivity index (χ2n) is 15.9. The maximum absolute atomic E-state index is 12.7. The number of hydrogen-bond donors (Lipinski definition) is 6. The number of ether oxygens (including phenoxy) is 2. The summed E-state index contributed by atoms with van der Waals surface area (Å²) < 4.78 is 34.0. The highest BCUT2D eigenvalue weighted by atomic mass is 31.2. The van der Waals surface area contributed by atoms with Gasteiger partial charge in [0.1, 0.15) is 42.7 Å². The van der Waals surface area contributed by atoms with Crippen molar-refractivity contribution in [2.75, 3.05) is 19.8 Å². The number of aliphatic hydroxyl groups excluding tert-OH is 5. The number of hydrogen-bond acceptors (Lipinski definition) is 11. The van der Waals surface area contributed by atoms with Crippen LogP contribution in [0.1, 0.15) is 200 Å². The first-order valence-corrected chi connectivity index (χ1v) is 23.9. The third-order valence-electron chi connectivity index (χ3n) is 10.7. The summed E-state index contributed by atoms with van der Waals surface area (Å²) in [4.78, 5) is 23.0. The molecule has 0 aromatic carbocycles. The molecule has 0 amide bonds. The number of esters is 1. The molecule has 0 aromatic heterocycles. The average molecular weight is 811 g/mol. The van der Waals surface area contributed by atoms with E-state index in [9.17, 15) is 39.8 Å². The fraction of sp³-hybridized carbons (Fsp3) is 0.976. The highest BCUT2D eigenvalue weighted by Crippen LogP contribution is 2.47. The van der Waals surface area contributed by atoms with Crippen molar-refractivity contribution in [1.82, 2.24) is 0 Å². The molecule has 8 atom stereocenters. The van der Waals surface area contributed by atoms with Crippen molar-refractivity contribution in [2.24, 2.45) is 0 Å². The van der Waals surface area contributed by atoms with E-state index in [-0.39, 0.29) is 13.0 Å². The minimum atomic E-state index is -5.00. The Kier molecular flexibility index (Phi) is 32.6. The van der Waals surface area contributed by atoms with Crippen molar-refractivity contribution in [3.63, 3.8) is 0 Å². The summed E-state index contributed by atoms with van der Waals surface area (Å²) in [7, 11) is -5.00. The molecule has 0 aliphatic heterocycles. The molecule has 0 aromatic rings. The van der Waals surface area contributed by atoms with E-state index in [1.165, 1.54) is 135 Å². The molecule has 0 saturated heterocycles. The second kappa shape index (κ2) is 34.2. The lowest BCUT2D eigenvalue weighted by Crippen LogP contribution is -2.64. The summed E-state index contributed by atoms with van der Waals surface area (Å²) >= 11 is 0. The highest BCUT2D eigenvalue weighted by Gasteiger charge is 2.51. The summed E-state index contributed by atoms with van der Waals surface area (Å²) in [5.41, 5.74) is 0. The first-order valence-electron chi connectivity index (χ1n) is 22.4. The lowest BCUT2D eigenvalue weighted by Gasteiger charge is -2.41. The number of carbonyl (C=O) groups excluding carboxylic acids is 1. The molecule has 1 rings (SSSR count). The van der Waals surface area contributed by atoms with Crippen molar-refractivity contribution < 1.29 is 58.3 Å². The Morgan fingerprint density at radius 2 is 0.855 bits per heavy atom. The van der Waals surface area contributed by atoms with Crippen LogP contribution in [0.15, 0.2) is 0 Å². The monoisotopic (exact) mass is 811 g/mol. The number of aliphatic hydroxyl groups is 5. The van der Waals surface area contributed by atoms with Gasteiger partial charge in [-0.05, 0) is 12.8 Å². The van der Waals surface area contributed by atoms with Gasteiger partial charge in [0, 0.05) is 13.0 Å². The van der Waals surface area contributed by atoms with Crippen molar-refractivity contribution in [3.05, 3.63) is 0 Å². The molecule has 328 valence electrons. The Hall–Kier alpha value is -0.660. The fourth-order valence-corrected chi connectivity index (χ4v) is 8.09. The molecular weight excluding hydrogens is 727 g/mol. The zero-order valence-electron chi connectivity index (χ0n) is 34.7. The van der Waals surface area contributed by atoms with Gasteiger partial charge >= 0.3 is 13.8 Å². The van der Waals surface area contributed by atoms with Gasteiger partial charge in [-0.3, -0.25) is 13.8 Å². The number of carbonyl (C=O) groups is 1. The molecule has 12 nitrogen and oxygen atoms in total. The number of phosphoric acid groups is 1. The van der Waals surface area contributed by atoms with Gasteiger partial charge in [0.25, 0.3) is 0 Å². The van der Waals surface area contributed by atoms with Crippen LogP contribution < -0.4 is 0 Å². The van der Waals surface area contributed by atoms with E-state index in [1.54, 1.807) is 0 Å². The van der Waals surface area contributed by atoms with Crippen LogP contribution in [0, 0.1) is 0 Å². The predicted octanol–water partition coefficient (Wildman–Crippen LogP) is 8.59. The van der Waals surface area contributed by atoms with Crippen molar-refractivity contribution in [2.45, 2.75) is 243 Å². The van der Waals surface area contributed by atoms with Gasteiger partial charge in [0.15, 0.2) is 0 Å². The van der Waals surface area contributed by atoms with Crippen molar-refractivity contribution in [1.29, 1.82) is 0 Å². The van der Waals surface area contributed by atoms with E-state index >= 15 is 0 Å². The van der Waals surface area contributed by atoms with E-state index in [4.69, 9.17) is 18.5 Å². The van der Waals surface area contributed by atoms with Crippen LogP contribution in [0.5, 0.6) is 0 Å². The molecule has 0 heterocycles. The maximum Gasteiger partial charge on any atom is 0.472 e. The molecular formula is C42H83O12P. The third kappa shape index (κ3) is 26.9. The summed E-state index contributed by atoms with van der Waals surface area (Å²) in [6.45, 7) is 4.24. The smallest absolute Gasteiger partial charge is 0.457 e. The Labute approximate surface area is 334 Å². The van der Waals surface area contributed by atoms with Crippen LogP contribution >= 0.6 is 7.82 Å². The van der Waals surface area contributed by atoms with Gasteiger partial charge in [-0.25, -0.2) is 4.57 Å². The largest absolute Gasteiger partial charge is 0.472 e. The molecule has 13 heteroatoms. The average Bonchev–Trinajstić information content (AvgIpc) is 3.17. The van der Waals surface area contributed by atoms with Gasteiger partial charge in [-0.1, -0.05) is 181 Å². The van der Waals surface area contributed by atoms with Gasteiger partial charge in [-0.2, -0.15) is 0 Å². The summed E-state index contributed by atoms with van der Waals surface area (Å²) in [6.07, 6.45) is 22.0. The Morgan fingerprint density at radius 3 is 1.25 bits per heavy atom. The van der Waals surface area contributed by atoms with Crippen LogP contribution in [0.25, 0.3) is 0 Å². The summed E-state index contributed by atoms with van der Waals surface area (Å²) in [5, 5.41) is 50.0. The zero-order chi connectivity index (χ0) is 40.6. The molecule has 1 fully saturated rings. The van der Waals surface area contributed by atoms with E-state index in [0.717, 1.165) is 38.5 Å². The van der Waals surface area contributed by atoms with Crippen LogP contribution in [0.2, 0.25) is 0 Å². The number of unbranched alkanes of at least 4 members (excludes halogenated alkanes) is 26. The topological polar surface area (TPSA) is 192 Å². The fourth-order valence-electron chi connectivity index (χ4n) is 7.12. The normalized spacial score (nSPS) is 23.1. The Bertz CT molecular complexity index is 926. The molecule has 6 unspecified atom stereocenters. The van der Waals surface area contributed by atoms with E-state index < -0.39 is 63.1 Å². The SMILES string of the molecule is CCCCCCCCCCCCCCCCCCCCCCOC[C@H](COP(=O)(O)OC1C(O)C(O)C(O)[C@@H](O)C1O)OC(=O)CCCCCCCCCC. The molecule has 6 N–H and O–H groups in total. The van der Waals surface area contributed by atoms with Crippen molar-refractivity contribution >= 4 is 13.8 Å². The second-order valence-corrected chi connectivity index (χ2v) is 17.3. The van der Waals surface area contributed by atoms with Crippen molar-refractivity contribution in [3.8, 4) is 0 Å². The molecule has 55 heavy (non-hydrogen) atoms. The highest BCUT2D eigenvalue weighted by molar-refractivity contribution is 7.47. The summed E-state index contributed by atoms with van der Waals surface area (Å²) in [6, 6.07) is 0. The van der Waals surface area contributed by atoms with Crippen LogP contribution in [-0.4, -0.2) is 98.9 Å². The van der Waals surface area contributed by atoms with E-state index in [0.29, 0.717) is 13.0 Å². The lowest BCUT2D eigenvalue weighted by molar-refractivity contribution is -0.220. The van der Waals surface area contributed by atoms with Crippen LogP contribution in [-0.2, 0) is 27.9 Å². The minimum absolute atomic E-state index is 0.0689. The third-order valence-corrected chi connectivity index (χ3v) is 11.7. The van der Waals surface area contributed by atoms with E-state index in [1.807, 2.05) is 0 Å². The first-order chi connectivity index (χ1) is 26.5. The van der Waals surface area contributed by atoms with Crippen LogP contribution in [0.4, 0.5) is 0 Å². The number of phosphoric ester groups is 1. The van der Waals surface area contributed by atoms with E-state index in [2.05, 4.69) is 13.8 Å². The predicted molar refractivity (Wildman–Crippen MR) is 217 cm³/mol. The lowest BCUT2D eigenvalue weighted by atomic mass is 9.85. The van der Waals surface area contributed by atoms with Gasteiger partial charge < -0.3 is 39.9 Å². The maximum atomic E-state index is 12.7. The first kappa shape index (κ1) is 52.4. The van der Waals surface area contributed by atoms with Gasteiger partial charge in [-0.15, -0.1) is 0 Å². The molecule has 0 radical (unpaired) electrons. The van der Waals surface area contributed by atoms with Gasteiger partial charge in [0.2, 0.25) is 0 Å². The quantitative estimate of drug-likeness (QED) is 0.0198. The van der Waals surface area contributed by atoms with Gasteiger partial charge in [0.05, 0.1) is 13.2 Å². The Balaban J connectivity index is 2.30. The molecule has 0 spiro atoms. The van der Waals surface area contributed by atoms with Crippen LogP contribution in [0.3, 0.4) is 0 Å².